The molecule has 198 valence electrons. The number of carbonyl (C=O) groups excluding carboxylic acids is 1. The number of methoxy groups -OCH3 is 1. The van der Waals surface area contributed by atoms with E-state index in [0.29, 0.717) is 36.4 Å². The van der Waals surface area contributed by atoms with Gasteiger partial charge in [0, 0.05) is 0 Å². The van der Waals surface area contributed by atoms with E-state index in [4.69, 9.17) is 19.3 Å². The molecule has 1 aliphatic rings. The second kappa shape index (κ2) is 11.4. The van der Waals surface area contributed by atoms with Crippen LogP contribution in [0.2, 0.25) is 0 Å². The molecule has 0 spiro atoms. The van der Waals surface area contributed by atoms with Gasteiger partial charge >= 0.3 is 11.9 Å². The monoisotopic (exact) mass is 600 g/mol. The highest BCUT2D eigenvalue weighted by molar-refractivity contribution is 9.10. The summed E-state index contributed by atoms with van der Waals surface area (Å²) in [6, 6.07) is 11.9. The molecule has 0 radical (unpaired) electrons. The van der Waals surface area contributed by atoms with Crippen LogP contribution in [0.25, 0.3) is 6.08 Å². The zero-order chi connectivity index (χ0) is 27.6. The van der Waals surface area contributed by atoms with E-state index in [1.165, 1.54) is 23.0 Å². The number of ether oxygens (including phenoxy) is 3. The first kappa shape index (κ1) is 27.3. The molecule has 1 aromatic heterocycles. The third-order valence-electron chi connectivity index (χ3n) is 5.59. The minimum atomic E-state index is -1.12. The number of carbonyl (C=O) groups is 2. The Kier molecular flexibility index (Phi) is 8.17. The van der Waals surface area contributed by atoms with Gasteiger partial charge in [0.25, 0.3) is 5.56 Å². The number of aliphatic carboxylic acids is 1. The van der Waals surface area contributed by atoms with Crippen molar-refractivity contribution >= 4 is 45.3 Å². The highest BCUT2D eigenvalue weighted by Crippen LogP contribution is 2.37. The fourth-order valence-corrected chi connectivity index (χ4v) is 5.68. The summed E-state index contributed by atoms with van der Waals surface area (Å²) < 4.78 is 18.6. The zero-order valence-electron chi connectivity index (χ0n) is 21.1. The van der Waals surface area contributed by atoms with Gasteiger partial charge in [-0.1, -0.05) is 41.7 Å². The summed E-state index contributed by atoms with van der Waals surface area (Å²) in [5.74, 6) is -1.10. The van der Waals surface area contributed by atoms with Crippen molar-refractivity contribution in [3.05, 3.63) is 89.0 Å². The maximum atomic E-state index is 13.8. The van der Waals surface area contributed by atoms with Crippen LogP contribution in [0.3, 0.4) is 0 Å². The molecule has 38 heavy (non-hydrogen) atoms. The number of hydrogen-bond acceptors (Lipinski definition) is 8. The van der Waals surface area contributed by atoms with Crippen molar-refractivity contribution in [2.75, 3.05) is 13.7 Å². The van der Waals surface area contributed by atoms with Gasteiger partial charge in [-0.2, -0.15) is 0 Å². The molecule has 1 unspecified atom stereocenters. The van der Waals surface area contributed by atoms with Crippen molar-refractivity contribution in [2.45, 2.75) is 32.9 Å². The van der Waals surface area contributed by atoms with Crippen molar-refractivity contribution in [3.63, 3.8) is 0 Å². The average molecular weight is 601 g/mol. The Morgan fingerprint density at radius 3 is 2.58 bits per heavy atom. The van der Waals surface area contributed by atoms with Gasteiger partial charge < -0.3 is 19.3 Å². The number of benzene rings is 2. The first-order valence-corrected chi connectivity index (χ1v) is 13.2. The number of fused-ring (bicyclic) bond motifs is 1. The van der Waals surface area contributed by atoms with Gasteiger partial charge in [-0.15, -0.1) is 0 Å². The SMILES string of the molecule is COc1cc(C=c2sc3n(c2=O)C(c2ccccc2)C(C(=O)OC(C)C)=C(C)N=3)cc(Br)c1OCC(=O)O. The number of esters is 1. The Bertz CT molecular complexity index is 1610. The van der Waals surface area contributed by atoms with Crippen molar-refractivity contribution in [1.29, 1.82) is 0 Å². The Hall–Kier alpha value is -3.70. The van der Waals surface area contributed by atoms with Crippen LogP contribution in [0.15, 0.2) is 68.0 Å². The van der Waals surface area contributed by atoms with Gasteiger partial charge in [0.1, 0.15) is 0 Å². The van der Waals surface area contributed by atoms with E-state index < -0.39 is 24.6 Å². The molecule has 0 aliphatic carbocycles. The largest absolute Gasteiger partial charge is 0.493 e. The van der Waals surface area contributed by atoms with E-state index in [-0.39, 0.29) is 17.4 Å². The lowest BCUT2D eigenvalue weighted by atomic mass is 9.96. The van der Waals surface area contributed by atoms with Gasteiger partial charge in [0.2, 0.25) is 0 Å². The molecule has 0 bridgehead atoms. The maximum Gasteiger partial charge on any atom is 0.341 e. The highest BCUT2D eigenvalue weighted by Gasteiger charge is 2.33. The second-order valence-electron chi connectivity index (χ2n) is 8.66. The Morgan fingerprint density at radius 1 is 1.24 bits per heavy atom. The first-order valence-electron chi connectivity index (χ1n) is 11.6. The molecule has 2 aromatic carbocycles. The molecule has 4 rings (SSSR count). The molecule has 1 atom stereocenters. The van der Waals surface area contributed by atoms with Crippen LogP contribution in [0, 0.1) is 0 Å². The summed E-state index contributed by atoms with van der Waals surface area (Å²) in [6.07, 6.45) is 1.35. The molecular weight excluding hydrogens is 576 g/mol. The Morgan fingerprint density at radius 2 is 1.95 bits per heavy atom. The lowest BCUT2D eigenvalue weighted by Crippen LogP contribution is -2.40. The number of aromatic nitrogens is 1. The molecule has 0 amide bonds. The van der Waals surface area contributed by atoms with Crippen LogP contribution in [0.4, 0.5) is 0 Å². The van der Waals surface area contributed by atoms with Gasteiger partial charge in [0.15, 0.2) is 22.9 Å². The van der Waals surface area contributed by atoms with E-state index in [1.54, 1.807) is 39.0 Å². The molecule has 11 heteroatoms. The minimum absolute atomic E-state index is 0.238. The van der Waals surface area contributed by atoms with Gasteiger partial charge in [-0.25, -0.2) is 14.6 Å². The highest BCUT2D eigenvalue weighted by atomic mass is 79.9. The second-order valence-corrected chi connectivity index (χ2v) is 10.5. The number of carboxylic acids is 1. The summed E-state index contributed by atoms with van der Waals surface area (Å²) in [5, 5.41) is 8.94. The molecular formula is C27H25BrN2O7S. The normalized spacial score (nSPS) is 15.2. The lowest BCUT2D eigenvalue weighted by molar-refractivity contribution is -0.143. The van der Waals surface area contributed by atoms with Crippen LogP contribution >= 0.6 is 27.3 Å². The van der Waals surface area contributed by atoms with Crippen LogP contribution < -0.4 is 24.4 Å². The molecule has 0 saturated heterocycles. The average Bonchev–Trinajstić information content (AvgIpc) is 3.16. The number of carboxylic acid groups (broad SMARTS) is 1. The fourth-order valence-electron chi connectivity index (χ4n) is 4.06. The van der Waals surface area contributed by atoms with E-state index in [9.17, 15) is 14.4 Å². The summed E-state index contributed by atoms with van der Waals surface area (Å²) in [6.45, 7) is 4.74. The number of thiazole rings is 1. The third kappa shape index (κ3) is 5.58. The molecule has 0 fully saturated rings. The lowest BCUT2D eigenvalue weighted by Gasteiger charge is -2.25. The van der Waals surface area contributed by atoms with E-state index >= 15 is 0 Å². The molecule has 2 heterocycles. The molecule has 0 saturated carbocycles. The summed E-state index contributed by atoms with van der Waals surface area (Å²) in [5.41, 5.74) is 1.86. The van der Waals surface area contributed by atoms with Gasteiger partial charge in [-0.05, 0) is 66.0 Å². The first-order chi connectivity index (χ1) is 18.1. The minimum Gasteiger partial charge on any atom is -0.493 e. The number of halogens is 1. The predicted octanol–water partition coefficient (Wildman–Crippen LogP) is 3.42. The van der Waals surface area contributed by atoms with Crippen LogP contribution in [-0.2, 0) is 14.3 Å². The quantitative estimate of drug-likeness (QED) is 0.394. The van der Waals surface area contributed by atoms with Crippen molar-refractivity contribution < 1.29 is 28.9 Å². The maximum absolute atomic E-state index is 13.8. The van der Waals surface area contributed by atoms with Gasteiger partial charge in [0.05, 0.1) is 39.5 Å². The smallest absolute Gasteiger partial charge is 0.341 e. The van der Waals surface area contributed by atoms with Crippen molar-refractivity contribution in [2.24, 2.45) is 4.99 Å². The molecule has 1 N–H and O–H groups in total. The molecule has 3 aromatic rings. The van der Waals surface area contributed by atoms with Crippen LogP contribution in [0.1, 0.15) is 37.9 Å². The third-order valence-corrected chi connectivity index (χ3v) is 7.16. The van der Waals surface area contributed by atoms with Crippen molar-refractivity contribution in [1.82, 2.24) is 4.57 Å². The van der Waals surface area contributed by atoms with Crippen LogP contribution in [-0.4, -0.2) is 41.4 Å². The van der Waals surface area contributed by atoms with E-state index in [2.05, 4.69) is 20.9 Å². The number of hydrogen-bond donors (Lipinski definition) is 1. The van der Waals surface area contributed by atoms with E-state index in [0.717, 1.165) is 5.56 Å². The molecule has 9 nitrogen and oxygen atoms in total. The standard InChI is InChI=1S/C27H25BrN2O7S/c1-14(2)37-26(34)22-15(3)29-27-30(23(22)17-8-6-5-7-9-17)25(33)20(38-27)12-16-10-18(28)24(19(11-16)35-4)36-13-21(31)32/h5-12,14,23H,13H2,1-4H3,(H,31,32). The van der Waals surface area contributed by atoms with Crippen LogP contribution in [0.5, 0.6) is 11.5 Å². The summed E-state index contributed by atoms with van der Waals surface area (Å²) >= 11 is 4.60. The summed E-state index contributed by atoms with van der Waals surface area (Å²) in [7, 11) is 1.44. The fraction of sp³-hybridized carbons (Fsp3) is 0.259. The zero-order valence-corrected chi connectivity index (χ0v) is 23.5. The Balaban J connectivity index is 1.87. The topological polar surface area (TPSA) is 116 Å². The molecule has 1 aliphatic heterocycles. The Labute approximate surface area is 230 Å². The number of rotatable bonds is 8. The number of allylic oxidation sites excluding steroid dienone is 1. The van der Waals surface area contributed by atoms with E-state index in [1.807, 2.05) is 30.3 Å². The number of nitrogens with zero attached hydrogens (tertiary/aromatic N) is 2. The predicted molar refractivity (Wildman–Crippen MR) is 145 cm³/mol. The van der Waals surface area contributed by atoms with Gasteiger partial charge in [-0.3, -0.25) is 9.36 Å². The van der Waals surface area contributed by atoms with Crippen molar-refractivity contribution in [3.8, 4) is 11.5 Å². The summed E-state index contributed by atoms with van der Waals surface area (Å²) in [4.78, 5) is 42.9.